The molecule has 40 valence electrons. The maximum absolute atomic E-state index is 5.01. The molecule has 0 aromatic carbocycles. The van der Waals surface area contributed by atoms with Gasteiger partial charge in [0.15, 0.2) is 0 Å². The minimum absolute atomic E-state index is 0. The molecule has 0 rings (SSSR count). The first-order chi connectivity index (χ1) is 2.00. The summed E-state index contributed by atoms with van der Waals surface area (Å²) in [6.45, 7) is 0. The first kappa shape index (κ1) is 18.3. The Hall–Kier alpha value is 5.46. The van der Waals surface area contributed by atoms with E-state index in [0.29, 0.717) is 0 Å². The van der Waals surface area contributed by atoms with Gasteiger partial charge in [0.05, 0.1) is 0 Å². The van der Waals surface area contributed by atoms with Crippen LogP contribution in [-0.2, 0) is 11.9 Å². The van der Waals surface area contributed by atoms with Crippen molar-refractivity contribution in [3.05, 3.63) is 0 Å². The third-order valence-corrected chi connectivity index (χ3v) is 0. The van der Waals surface area contributed by atoms with Gasteiger partial charge in [0.25, 0.3) is 0 Å². The smallest absolute Gasteiger partial charge is 1.00 e. The van der Waals surface area contributed by atoms with E-state index in [2.05, 4.69) is 0 Å². The minimum Gasteiger partial charge on any atom is 1.00 e. The van der Waals surface area contributed by atoms with Crippen LogP contribution in [0.25, 0.3) is 0 Å². The van der Waals surface area contributed by atoms with Crippen LogP contribution in [0.1, 0.15) is 0 Å². The molecule has 0 spiro atoms. The summed E-state index contributed by atoms with van der Waals surface area (Å²) in [5, 5.41) is 0. The summed E-state index contributed by atoms with van der Waals surface area (Å²) in [7, 11) is 20.0. The summed E-state index contributed by atoms with van der Waals surface area (Å²) in [5.41, 5.74) is 0. The van der Waals surface area contributed by atoms with E-state index in [1.54, 1.807) is 0 Å². The predicted molar refractivity (Wildman–Crippen MR) is 23.4 cm³/mol. The number of hydrogen-bond acceptors (Lipinski definition) is 0. The van der Waals surface area contributed by atoms with Gasteiger partial charge in [0, 0.05) is 0 Å². The van der Waals surface area contributed by atoms with Crippen molar-refractivity contribution in [3.63, 3.8) is 0 Å². The molecular formula is Cl4PtRb2. The van der Waals surface area contributed by atoms with E-state index in [-0.39, 0.29) is 116 Å². The molecular weight excluding hydrogens is 508 g/mol. The second-order valence-electron chi connectivity index (χ2n) is 0.271. The van der Waals surface area contributed by atoms with E-state index in [4.69, 9.17) is 37.7 Å². The molecule has 0 saturated carbocycles. The van der Waals surface area contributed by atoms with Gasteiger partial charge in [-0.3, -0.25) is 0 Å². The SMILES string of the molecule is [Cl][Pt-2]([Cl])([Cl])[Cl].[Rb+].[Rb+]. The van der Waals surface area contributed by atoms with Crippen LogP contribution in [0.5, 0.6) is 0 Å². The molecule has 0 aromatic rings. The van der Waals surface area contributed by atoms with Gasteiger partial charge < -0.3 is 0 Å². The van der Waals surface area contributed by atoms with Gasteiger partial charge in [-0.15, -0.1) is 0 Å². The Balaban J connectivity index is -0.0000000800. The molecule has 0 saturated heterocycles. The predicted octanol–water partition coefficient (Wildman–Crippen LogP) is -3.24. The van der Waals surface area contributed by atoms with Crippen molar-refractivity contribution >= 4 is 37.7 Å². The van der Waals surface area contributed by atoms with E-state index in [1.165, 1.54) is 0 Å². The molecule has 0 heterocycles. The number of hydrogen-bond donors (Lipinski definition) is 0. The van der Waals surface area contributed by atoms with Crippen molar-refractivity contribution in [2.24, 2.45) is 0 Å². The van der Waals surface area contributed by atoms with Crippen LogP contribution in [0.3, 0.4) is 0 Å². The summed E-state index contributed by atoms with van der Waals surface area (Å²) in [6, 6.07) is 0. The van der Waals surface area contributed by atoms with E-state index >= 15 is 0 Å². The summed E-state index contributed by atoms with van der Waals surface area (Å²) >= 11 is -3.06. The van der Waals surface area contributed by atoms with Crippen molar-refractivity contribution in [3.8, 4) is 0 Å². The zero-order valence-corrected chi connectivity index (χ0v) is 19.0. The Morgan fingerprint density at radius 3 is 0.714 bits per heavy atom. The molecule has 0 radical (unpaired) electrons. The van der Waals surface area contributed by atoms with Crippen LogP contribution in [0.4, 0.5) is 0 Å². The van der Waals surface area contributed by atoms with Gasteiger partial charge >= 0.3 is 166 Å². The first-order valence-corrected chi connectivity index (χ1v) is 11.7. The van der Waals surface area contributed by atoms with Gasteiger partial charge in [-0.25, -0.2) is 0 Å². The number of halogens is 4. The van der Waals surface area contributed by atoms with Gasteiger partial charge in [0.2, 0.25) is 0 Å². The number of rotatable bonds is 0. The Bertz CT molecular complexity index is 25.2. The second kappa shape index (κ2) is 9.55. The van der Waals surface area contributed by atoms with Crippen molar-refractivity contribution < 1.29 is 128 Å². The van der Waals surface area contributed by atoms with Crippen LogP contribution in [0, 0.1) is 0 Å². The standard InChI is InChI=1S/4ClH.Pt.2Rb/h4*1H;;;/q;;;;+2;2*+1/p-4. The minimum atomic E-state index is -3.06. The summed E-state index contributed by atoms with van der Waals surface area (Å²) in [5.74, 6) is 0. The third kappa shape index (κ3) is 34.4. The van der Waals surface area contributed by atoms with Gasteiger partial charge in [0.1, 0.15) is 0 Å². The summed E-state index contributed by atoms with van der Waals surface area (Å²) in [6.07, 6.45) is 0. The van der Waals surface area contributed by atoms with Crippen LogP contribution < -0.4 is 116 Å². The Kier molecular flexibility index (Phi) is 24.9. The molecule has 0 amide bonds. The van der Waals surface area contributed by atoms with E-state index in [9.17, 15) is 0 Å². The van der Waals surface area contributed by atoms with Crippen molar-refractivity contribution in [2.45, 2.75) is 0 Å². The fraction of sp³-hybridized carbons (Fsp3) is 0. The van der Waals surface area contributed by atoms with E-state index < -0.39 is 11.9 Å². The Morgan fingerprint density at radius 1 is 0.714 bits per heavy atom. The molecule has 0 atom stereocenters. The molecule has 7 heavy (non-hydrogen) atoms. The largest absolute Gasteiger partial charge is 1.00 e. The summed E-state index contributed by atoms with van der Waals surface area (Å²) in [4.78, 5) is 0. The Morgan fingerprint density at radius 2 is 0.714 bits per heavy atom. The third-order valence-electron chi connectivity index (χ3n) is 0. The van der Waals surface area contributed by atoms with Crippen molar-refractivity contribution in [1.29, 1.82) is 0 Å². The van der Waals surface area contributed by atoms with Gasteiger partial charge in [-0.05, 0) is 0 Å². The van der Waals surface area contributed by atoms with Gasteiger partial charge in [-0.1, -0.05) is 0 Å². The zero-order valence-electron chi connectivity index (χ0n) is 3.83. The maximum Gasteiger partial charge on any atom is 1.00 e. The average molecular weight is 508 g/mol. The normalized spacial score (nSPS) is 10.9. The monoisotopic (exact) mass is 505 g/mol. The maximum atomic E-state index is 5.01. The quantitative estimate of drug-likeness (QED) is 0.324. The average Bonchev–Trinajstić information content (AvgIpc) is 0.722. The molecule has 0 nitrogen and oxygen atoms in total. The summed E-state index contributed by atoms with van der Waals surface area (Å²) < 4.78 is 0. The molecule has 0 aliphatic rings. The van der Waals surface area contributed by atoms with Gasteiger partial charge in [-0.2, -0.15) is 0 Å². The van der Waals surface area contributed by atoms with E-state index in [0.717, 1.165) is 0 Å². The fourth-order valence-corrected chi connectivity index (χ4v) is 0. The molecule has 0 aliphatic heterocycles. The molecule has 0 aromatic heterocycles. The molecule has 7 heteroatoms. The van der Waals surface area contributed by atoms with Crippen LogP contribution >= 0.6 is 37.7 Å². The molecule has 0 bridgehead atoms. The molecule has 0 fully saturated rings. The zero-order chi connectivity index (χ0) is 4.50. The van der Waals surface area contributed by atoms with Crippen LogP contribution in [0.2, 0.25) is 0 Å². The Labute approximate surface area is 160 Å². The fourth-order valence-electron chi connectivity index (χ4n) is 0. The molecule has 0 aliphatic carbocycles. The second-order valence-corrected chi connectivity index (χ2v) is 20.0. The van der Waals surface area contributed by atoms with Crippen LogP contribution in [-0.4, -0.2) is 0 Å². The van der Waals surface area contributed by atoms with Crippen molar-refractivity contribution in [2.75, 3.05) is 0 Å². The van der Waals surface area contributed by atoms with Crippen molar-refractivity contribution in [1.82, 2.24) is 0 Å². The first-order valence-electron chi connectivity index (χ1n) is 0.478. The molecule has 0 N–H and O–H groups in total. The van der Waals surface area contributed by atoms with Crippen LogP contribution in [0.15, 0.2) is 0 Å². The van der Waals surface area contributed by atoms with E-state index in [1.807, 2.05) is 0 Å². The topological polar surface area (TPSA) is 0 Å². The molecule has 0 unspecified atom stereocenters.